The number of amides is 1. The van der Waals surface area contributed by atoms with Crippen LogP contribution in [0.1, 0.15) is 51.4 Å². The van der Waals surface area contributed by atoms with E-state index in [1.807, 2.05) is 6.07 Å². The van der Waals surface area contributed by atoms with Crippen LogP contribution in [0.5, 0.6) is 0 Å². The first-order chi connectivity index (χ1) is 8.63. The van der Waals surface area contributed by atoms with Gasteiger partial charge in [-0.3, -0.25) is 4.79 Å². The number of carboxylic acids is 1. The Morgan fingerprint density at radius 1 is 1.39 bits per heavy atom. The largest absolute Gasteiger partial charge is 0.480 e. The Labute approximate surface area is 107 Å². The highest BCUT2D eigenvalue weighted by molar-refractivity contribution is 5.83. The maximum atomic E-state index is 11.7. The van der Waals surface area contributed by atoms with Crippen molar-refractivity contribution < 1.29 is 14.7 Å². The Morgan fingerprint density at radius 3 is 2.61 bits per heavy atom. The van der Waals surface area contributed by atoms with E-state index in [0.29, 0.717) is 31.6 Å². The molecule has 1 amide bonds. The van der Waals surface area contributed by atoms with Crippen molar-refractivity contribution in [1.82, 2.24) is 5.32 Å². The summed E-state index contributed by atoms with van der Waals surface area (Å²) in [6, 6.07) is 1.11. The van der Waals surface area contributed by atoms with Gasteiger partial charge in [0.2, 0.25) is 5.91 Å². The van der Waals surface area contributed by atoms with Crippen LogP contribution < -0.4 is 5.32 Å². The molecule has 0 unspecified atom stereocenters. The summed E-state index contributed by atoms with van der Waals surface area (Å²) < 4.78 is 0. The van der Waals surface area contributed by atoms with E-state index in [1.54, 1.807) is 0 Å². The minimum absolute atomic E-state index is 0.175. The molecule has 1 saturated carbocycles. The topological polar surface area (TPSA) is 90.2 Å². The molecule has 0 aromatic heterocycles. The molecule has 0 aromatic carbocycles. The molecular formula is C13H20N2O3. The number of hydrogen-bond donors (Lipinski definition) is 2. The van der Waals surface area contributed by atoms with Crippen LogP contribution in [-0.2, 0) is 9.59 Å². The second-order valence-electron chi connectivity index (χ2n) is 4.86. The maximum absolute atomic E-state index is 11.7. The number of carboxylic acid groups (broad SMARTS) is 1. The molecule has 0 aliphatic heterocycles. The van der Waals surface area contributed by atoms with Crippen molar-refractivity contribution in [2.75, 3.05) is 0 Å². The lowest BCUT2D eigenvalue weighted by molar-refractivity contribution is -0.142. The monoisotopic (exact) mass is 252 g/mol. The van der Waals surface area contributed by atoms with Crippen molar-refractivity contribution in [1.29, 1.82) is 5.26 Å². The van der Waals surface area contributed by atoms with Gasteiger partial charge in [0.05, 0.1) is 6.07 Å². The van der Waals surface area contributed by atoms with Gasteiger partial charge in [-0.25, -0.2) is 4.79 Å². The van der Waals surface area contributed by atoms with Gasteiger partial charge in [0.15, 0.2) is 0 Å². The van der Waals surface area contributed by atoms with Gasteiger partial charge in [0.25, 0.3) is 0 Å². The van der Waals surface area contributed by atoms with Crippen LogP contribution in [-0.4, -0.2) is 23.0 Å². The molecule has 0 heterocycles. The number of rotatable bonds is 7. The van der Waals surface area contributed by atoms with Crippen LogP contribution in [0.15, 0.2) is 0 Å². The Hall–Kier alpha value is -1.57. The van der Waals surface area contributed by atoms with E-state index in [4.69, 9.17) is 10.4 Å². The molecule has 0 spiro atoms. The molecule has 1 fully saturated rings. The fourth-order valence-corrected chi connectivity index (χ4v) is 2.37. The molecule has 2 N–H and O–H groups in total. The number of carbonyl (C=O) groups is 2. The summed E-state index contributed by atoms with van der Waals surface area (Å²) in [6.45, 7) is 0. The van der Waals surface area contributed by atoms with Gasteiger partial charge in [-0.15, -0.1) is 0 Å². The van der Waals surface area contributed by atoms with Crippen LogP contribution in [0.25, 0.3) is 0 Å². The van der Waals surface area contributed by atoms with E-state index in [0.717, 1.165) is 12.8 Å². The van der Waals surface area contributed by atoms with Crippen LogP contribution in [0, 0.1) is 17.2 Å². The van der Waals surface area contributed by atoms with Crippen molar-refractivity contribution in [2.45, 2.75) is 57.4 Å². The highest BCUT2D eigenvalue weighted by Gasteiger charge is 2.23. The molecule has 1 aliphatic rings. The van der Waals surface area contributed by atoms with E-state index in [1.165, 1.54) is 12.8 Å². The second-order valence-corrected chi connectivity index (χ2v) is 4.86. The number of nitrogens with zero attached hydrogens (tertiary/aromatic N) is 1. The first kappa shape index (κ1) is 14.5. The third-order valence-electron chi connectivity index (χ3n) is 3.36. The molecule has 0 saturated heterocycles. The van der Waals surface area contributed by atoms with Crippen molar-refractivity contribution in [3.8, 4) is 6.07 Å². The first-order valence-electron chi connectivity index (χ1n) is 6.52. The second kappa shape index (κ2) is 7.70. The van der Waals surface area contributed by atoms with Gasteiger partial charge in [0, 0.05) is 12.8 Å². The SMILES string of the molecule is N#CCCC[C@@H](NC(=O)CC1CCCC1)C(=O)O. The summed E-state index contributed by atoms with van der Waals surface area (Å²) in [4.78, 5) is 22.7. The average Bonchev–Trinajstić information content (AvgIpc) is 2.80. The standard InChI is InChI=1S/C13H20N2O3/c14-8-4-3-7-11(13(17)18)15-12(16)9-10-5-1-2-6-10/h10-11H,1-7,9H2,(H,15,16)(H,17,18)/t11-/m1/s1. The van der Waals surface area contributed by atoms with Gasteiger partial charge >= 0.3 is 5.97 Å². The van der Waals surface area contributed by atoms with Crippen LogP contribution in [0.3, 0.4) is 0 Å². The Balaban J connectivity index is 2.32. The number of nitriles is 1. The zero-order chi connectivity index (χ0) is 13.4. The molecule has 1 atom stereocenters. The smallest absolute Gasteiger partial charge is 0.326 e. The molecule has 5 nitrogen and oxygen atoms in total. The van der Waals surface area contributed by atoms with Gasteiger partial charge < -0.3 is 10.4 Å². The predicted octanol–water partition coefficient (Wildman–Crippen LogP) is 1.83. The van der Waals surface area contributed by atoms with Gasteiger partial charge in [0.1, 0.15) is 6.04 Å². The highest BCUT2D eigenvalue weighted by atomic mass is 16.4. The summed E-state index contributed by atoms with van der Waals surface area (Å²) in [5.41, 5.74) is 0. The zero-order valence-corrected chi connectivity index (χ0v) is 10.5. The fraction of sp³-hybridized carbons (Fsp3) is 0.769. The molecule has 0 aromatic rings. The van der Waals surface area contributed by atoms with E-state index in [-0.39, 0.29) is 5.91 Å². The Kier molecular flexibility index (Phi) is 6.20. The minimum atomic E-state index is -1.02. The Bertz CT molecular complexity index is 330. The molecule has 1 aliphatic carbocycles. The van der Waals surface area contributed by atoms with E-state index < -0.39 is 12.0 Å². The summed E-state index contributed by atoms with van der Waals surface area (Å²) in [5.74, 6) is -0.780. The third-order valence-corrected chi connectivity index (χ3v) is 3.36. The van der Waals surface area contributed by atoms with Crippen LogP contribution >= 0.6 is 0 Å². The number of nitrogens with one attached hydrogen (secondary N) is 1. The highest BCUT2D eigenvalue weighted by Crippen LogP contribution is 2.27. The van der Waals surface area contributed by atoms with Gasteiger partial charge in [-0.05, 0) is 31.6 Å². The maximum Gasteiger partial charge on any atom is 0.326 e. The number of unbranched alkanes of at least 4 members (excludes halogenated alkanes) is 1. The molecule has 5 heteroatoms. The number of carbonyl (C=O) groups excluding carboxylic acids is 1. The van der Waals surface area contributed by atoms with Crippen molar-refractivity contribution in [3.05, 3.63) is 0 Å². The molecule has 100 valence electrons. The van der Waals surface area contributed by atoms with Crippen LogP contribution in [0.2, 0.25) is 0 Å². The summed E-state index contributed by atoms with van der Waals surface area (Å²) in [5, 5.41) is 19.9. The van der Waals surface area contributed by atoms with Gasteiger partial charge in [-0.1, -0.05) is 12.8 Å². The molecule has 18 heavy (non-hydrogen) atoms. The van der Waals surface area contributed by atoms with Crippen molar-refractivity contribution in [3.63, 3.8) is 0 Å². The third kappa shape index (κ3) is 5.17. The van der Waals surface area contributed by atoms with E-state index >= 15 is 0 Å². The predicted molar refractivity (Wildman–Crippen MR) is 65.6 cm³/mol. The molecule has 0 radical (unpaired) electrons. The normalized spacial score (nSPS) is 17.1. The lowest BCUT2D eigenvalue weighted by Crippen LogP contribution is -2.41. The Morgan fingerprint density at radius 2 is 2.06 bits per heavy atom. The van der Waals surface area contributed by atoms with Crippen molar-refractivity contribution >= 4 is 11.9 Å². The zero-order valence-electron chi connectivity index (χ0n) is 10.5. The fourth-order valence-electron chi connectivity index (χ4n) is 2.37. The average molecular weight is 252 g/mol. The van der Waals surface area contributed by atoms with Crippen LogP contribution in [0.4, 0.5) is 0 Å². The summed E-state index contributed by atoms with van der Waals surface area (Å²) >= 11 is 0. The van der Waals surface area contributed by atoms with E-state index in [9.17, 15) is 9.59 Å². The van der Waals surface area contributed by atoms with E-state index in [2.05, 4.69) is 5.32 Å². The number of aliphatic carboxylic acids is 1. The minimum Gasteiger partial charge on any atom is -0.480 e. The molecule has 1 rings (SSSR count). The lowest BCUT2D eigenvalue weighted by atomic mass is 10.0. The molecular weight excluding hydrogens is 232 g/mol. The molecule has 0 bridgehead atoms. The van der Waals surface area contributed by atoms with Crippen molar-refractivity contribution in [2.24, 2.45) is 5.92 Å². The first-order valence-corrected chi connectivity index (χ1v) is 6.52. The summed E-state index contributed by atoms with van der Waals surface area (Å²) in [7, 11) is 0. The number of hydrogen-bond acceptors (Lipinski definition) is 3. The lowest BCUT2D eigenvalue weighted by Gasteiger charge is -2.15. The quantitative estimate of drug-likeness (QED) is 0.676. The summed E-state index contributed by atoms with van der Waals surface area (Å²) in [6.07, 6.45) is 6.05. The van der Waals surface area contributed by atoms with Gasteiger partial charge in [-0.2, -0.15) is 5.26 Å².